The van der Waals surface area contributed by atoms with Crippen molar-refractivity contribution in [1.82, 2.24) is 9.55 Å². The Morgan fingerprint density at radius 2 is 2.40 bits per heavy atom. The van der Waals surface area contributed by atoms with Gasteiger partial charge in [0.05, 0.1) is 18.6 Å². The van der Waals surface area contributed by atoms with Crippen molar-refractivity contribution >= 4 is 0 Å². The van der Waals surface area contributed by atoms with Crippen molar-refractivity contribution in [2.75, 3.05) is 13.2 Å². The lowest BCUT2D eigenvalue weighted by atomic mass is 10.2. The van der Waals surface area contributed by atoms with Gasteiger partial charge in [-0.2, -0.15) is 0 Å². The second-order valence-electron chi connectivity index (χ2n) is 3.76. The molecule has 0 saturated carbocycles. The summed E-state index contributed by atoms with van der Waals surface area (Å²) in [6, 6.07) is 0. The molecule has 0 saturated heterocycles. The smallest absolute Gasteiger partial charge is 0.0949 e. The fourth-order valence-corrected chi connectivity index (χ4v) is 1.26. The van der Waals surface area contributed by atoms with E-state index in [1.807, 2.05) is 19.4 Å². The number of hydrogen-bond acceptors (Lipinski definition) is 2. The molecule has 1 aromatic rings. The SMILES string of the molecule is C=C(CC)COCCCn1cnc(C)c1. The summed E-state index contributed by atoms with van der Waals surface area (Å²) < 4.78 is 7.57. The van der Waals surface area contributed by atoms with Gasteiger partial charge in [0.15, 0.2) is 0 Å². The number of aromatic nitrogens is 2. The Labute approximate surface area is 91.8 Å². The summed E-state index contributed by atoms with van der Waals surface area (Å²) in [6.45, 7) is 10.4. The lowest BCUT2D eigenvalue weighted by Gasteiger charge is -2.05. The summed E-state index contributed by atoms with van der Waals surface area (Å²) in [5.74, 6) is 0. The van der Waals surface area contributed by atoms with Crippen LogP contribution in [0.4, 0.5) is 0 Å². The molecule has 0 aliphatic carbocycles. The summed E-state index contributed by atoms with van der Waals surface area (Å²) in [6.07, 6.45) is 5.93. The van der Waals surface area contributed by atoms with E-state index < -0.39 is 0 Å². The van der Waals surface area contributed by atoms with Gasteiger partial charge in [0.2, 0.25) is 0 Å². The molecule has 0 fully saturated rings. The first-order chi connectivity index (χ1) is 7.22. The maximum atomic E-state index is 5.48. The quantitative estimate of drug-likeness (QED) is 0.508. The van der Waals surface area contributed by atoms with Crippen LogP contribution in [0.5, 0.6) is 0 Å². The van der Waals surface area contributed by atoms with Gasteiger partial charge in [0.25, 0.3) is 0 Å². The highest BCUT2D eigenvalue weighted by atomic mass is 16.5. The van der Waals surface area contributed by atoms with Gasteiger partial charge in [-0.05, 0) is 19.8 Å². The number of nitrogens with zero attached hydrogens (tertiary/aromatic N) is 2. The normalized spacial score (nSPS) is 10.5. The van der Waals surface area contributed by atoms with Gasteiger partial charge < -0.3 is 9.30 Å². The van der Waals surface area contributed by atoms with Crippen LogP contribution in [-0.2, 0) is 11.3 Å². The molecule has 0 aliphatic heterocycles. The molecule has 0 atom stereocenters. The Hall–Kier alpha value is -1.09. The molecule has 0 amide bonds. The van der Waals surface area contributed by atoms with Crippen LogP contribution in [0.3, 0.4) is 0 Å². The maximum absolute atomic E-state index is 5.48. The van der Waals surface area contributed by atoms with Crippen LogP contribution in [0.1, 0.15) is 25.5 Å². The minimum atomic E-state index is 0.694. The molecule has 1 rings (SSSR count). The third-order valence-corrected chi connectivity index (χ3v) is 2.27. The highest BCUT2D eigenvalue weighted by Gasteiger charge is 1.94. The van der Waals surface area contributed by atoms with E-state index in [4.69, 9.17) is 4.74 Å². The second kappa shape index (κ2) is 6.40. The highest BCUT2D eigenvalue weighted by molar-refractivity contribution is 4.92. The van der Waals surface area contributed by atoms with Crippen molar-refractivity contribution in [2.45, 2.75) is 33.2 Å². The van der Waals surface area contributed by atoms with E-state index in [1.165, 1.54) is 0 Å². The summed E-state index contributed by atoms with van der Waals surface area (Å²) in [7, 11) is 0. The molecular formula is C12H20N2O. The van der Waals surface area contributed by atoms with E-state index >= 15 is 0 Å². The molecule has 0 radical (unpaired) electrons. The van der Waals surface area contributed by atoms with Crippen LogP contribution in [0, 0.1) is 6.92 Å². The van der Waals surface area contributed by atoms with E-state index in [0.717, 1.165) is 37.3 Å². The van der Waals surface area contributed by atoms with Gasteiger partial charge in [-0.15, -0.1) is 0 Å². The number of imidazole rings is 1. The minimum Gasteiger partial charge on any atom is -0.377 e. The van der Waals surface area contributed by atoms with Crippen LogP contribution in [0.2, 0.25) is 0 Å². The third kappa shape index (κ3) is 4.79. The molecule has 0 aromatic carbocycles. The van der Waals surface area contributed by atoms with Crippen molar-refractivity contribution < 1.29 is 4.74 Å². The largest absolute Gasteiger partial charge is 0.377 e. The molecule has 15 heavy (non-hydrogen) atoms. The topological polar surface area (TPSA) is 27.1 Å². The van der Waals surface area contributed by atoms with E-state index in [0.29, 0.717) is 6.61 Å². The second-order valence-corrected chi connectivity index (χ2v) is 3.76. The molecule has 1 heterocycles. The van der Waals surface area contributed by atoms with Crippen LogP contribution in [0.15, 0.2) is 24.7 Å². The van der Waals surface area contributed by atoms with Crippen molar-refractivity contribution in [2.24, 2.45) is 0 Å². The number of ether oxygens (including phenoxy) is 1. The lowest BCUT2D eigenvalue weighted by Crippen LogP contribution is -2.03. The average Bonchev–Trinajstić information content (AvgIpc) is 2.63. The fourth-order valence-electron chi connectivity index (χ4n) is 1.26. The van der Waals surface area contributed by atoms with Crippen molar-refractivity contribution in [3.63, 3.8) is 0 Å². The molecule has 84 valence electrons. The molecule has 3 nitrogen and oxygen atoms in total. The van der Waals surface area contributed by atoms with E-state index in [-0.39, 0.29) is 0 Å². The molecule has 0 aliphatic rings. The zero-order valence-electron chi connectivity index (χ0n) is 9.70. The summed E-state index contributed by atoms with van der Waals surface area (Å²) >= 11 is 0. The average molecular weight is 208 g/mol. The Kier molecular flexibility index (Phi) is 5.12. The molecule has 0 bridgehead atoms. The van der Waals surface area contributed by atoms with E-state index in [1.54, 1.807) is 0 Å². The predicted octanol–water partition coefficient (Wildman–Crippen LogP) is 2.56. The third-order valence-electron chi connectivity index (χ3n) is 2.27. The standard InChI is InChI=1S/C12H20N2O/c1-4-11(2)9-15-7-5-6-14-8-12(3)13-10-14/h8,10H,2,4-7,9H2,1,3H3. The highest BCUT2D eigenvalue weighted by Crippen LogP contribution is 1.99. The van der Waals surface area contributed by atoms with Crippen LogP contribution < -0.4 is 0 Å². The van der Waals surface area contributed by atoms with Crippen LogP contribution in [0.25, 0.3) is 0 Å². The summed E-state index contributed by atoms with van der Waals surface area (Å²) in [5.41, 5.74) is 2.23. The Morgan fingerprint density at radius 3 is 3.00 bits per heavy atom. The van der Waals surface area contributed by atoms with E-state index in [2.05, 4.69) is 23.1 Å². The molecular weight excluding hydrogens is 188 g/mol. The first-order valence-electron chi connectivity index (χ1n) is 5.45. The number of aryl methyl sites for hydroxylation is 2. The molecule has 1 aromatic heterocycles. The maximum Gasteiger partial charge on any atom is 0.0949 e. The van der Waals surface area contributed by atoms with Gasteiger partial charge in [-0.1, -0.05) is 19.1 Å². The molecule has 3 heteroatoms. The zero-order chi connectivity index (χ0) is 11.1. The molecule has 0 spiro atoms. The summed E-state index contributed by atoms with van der Waals surface area (Å²) in [5, 5.41) is 0. The van der Waals surface area contributed by atoms with Gasteiger partial charge in [-0.25, -0.2) is 4.98 Å². The molecule has 0 unspecified atom stereocenters. The van der Waals surface area contributed by atoms with Crippen LogP contribution >= 0.6 is 0 Å². The summed E-state index contributed by atoms with van der Waals surface area (Å²) in [4.78, 5) is 4.17. The number of rotatable bonds is 7. The lowest BCUT2D eigenvalue weighted by molar-refractivity contribution is 0.148. The van der Waals surface area contributed by atoms with Crippen LogP contribution in [-0.4, -0.2) is 22.8 Å². The fraction of sp³-hybridized carbons (Fsp3) is 0.583. The van der Waals surface area contributed by atoms with E-state index in [9.17, 15) is 0 Å². The number of hydrogen-bond donors (Lipinski definition) is 0. The minimum absolute atomic E-state index is 0.694. The Balaban J connectivity index is 2.05. The van der Waals surface area contributed by atoms with Crippen molar-refractivity contribution in [3.05, 3.63) is 30.4 Å². The first kappa shape index (κ1) is 12.0. The van der Waals surface area contributed by atoms with Gasteiger partial charge >= 0.3 is 0 Å². The monoisotopic (exact) mass is 208 g/mol. The first-order valence-corrected chi connectivity index (χ1v) is 5.45. The predicted molar refractivity (Wildman–Crippen MR) is 61.8 cm³/mol. The Morgan fingerprint density at radius 1 is 1.60 bits per heavy atom. The van der Waals surface area contributed by atoms with Crippen molar-refractivity contribution in [1.29, 1.82) is 0 Å². The van der Waals surface area contributed by atoms with Crippen molar-refractivity contribution in [3.8, 4) is 0 Å². The van der Waals surface area contributed by atoms with Gasteiger partial charge in [-0.3, -0.25) is 0 Å². The molecule has 0 N–H and O–H groups in total. The van der Waals surface area contributed by atoms with Gasteiger partial charge in [0.1, 0.15) is 0 Å². The van der Waals surface area contributed by atoms with Gasteiger partial charge in [0, 0.05) is 19.3 Å². The Bertz CT molecular complexity index is 304. The zero-order valence-corrected chi connectivity index (χ0v) is 9.70.